The van der Waals surface area contributed by atoms with Crippen LogP contribution in [0.2, 0.25) is 0 Å². The van der Waals surface area contributed by atoms with E-state index in [1.54, 1.807) is 0 Å². The van der Waals surface area contributed by atoms with Gasteiger partial charge in [0.2, 0.25) is 6.79 Å². The van der Waals surface area contributed by atoms with Crippen molar-refractivity contribution in [3.63, 3.8) is 0 Å². The lowest BCUT2D eigenvalue weighted by molar-refractivity contribution is 0.0669. The smallest absolute Gasteiger partial charge is 0.272 e. The fraction of sp³-hybridized carbons (Fsp3) is 0.474. The second-order valence-corrected chi connectivity index (χ2v) is 8.23. The van der Waals surface area contributed by atoms with Gasteiger partial charge in [0.1, 0.15) is 5.69 Å². The number of hydrogen-bond acceptors (Lipinski definition) is 6. The van der Waals surface area contributed by atoms with Crippen LogP contribution in [0.5, 0.6) is 11.5 Å². The number of fused-ring (bicyclic) bond motifs is 1. The first-order valence-electron chi connectivity index (χ1n) is 9.10. The van der Waals surface area contributed by atoms with Gasteiger partial charge in [-0.15, -0.1) is 0 Å². The van der Waals surface area contributed by atoms with Crippen LogP contribution in [0.25, 0.3) is 11.3 Å². The summed E-state index contributed by atoms with van der Waals surface area (Å²) in [4.78, 5) is 17.3. The minimum Gasteiger partial charge on any atom is -0.454 e. The molecule has 1 fully saturated rings. The number of aromatic amines is 1. The Kier molecular flexibility index (Phi) is 5.27. The topological polar surface area (TPSA) is 70.7 Å². The maximum Gasteiger partial charge on any atom is 0.272 e. The van der Waals surface area contributed by atoms with Crippen molar-refractivity contribution in [1.29, 1.82) is 0 Å². The maximum atomic E-state index is 13.2. The third-order valence-corrected chi connectivity index (χ3v) is 5.95. The zero-order valence-electron chi connectivity index (χ0n) is 15.6. The SMILES string of the molecule is CN(C)CC1CSCCCN1C(=O)c1cc(-c2ccc3c(c2)OCO3)n[nH]1. The van der Waals surface area contributed by atoms with Crippen LogP contribution in [0.4, 0.5) is 0 Å². The van der Waals surface area contributed by atoms with Gasteiger partial charge in [-0.25, -0.2) is 0 Å². The van der Waals surface area contributed by atoms with E-state index in [9.17, 15) is 4.79 Å². The fourth-order valence-electron chi connectivity index (χ4n) is 3.46. The third kappa shape index (κ3) is 3.91. The van der Waals surface area contributed by atoms with Crippen molar-refractivity contribution in [1.82, 2.24) is 20.0 Å². The Labute approximate surface area is 163 Å². The Balaban J connectivity index is 1.55. The lowest BCUT2D eigenvalue weighted by Crippen LogP contribution is -2.46. The van der Waals surface area contributed by atoms with Gasteiger partial charge in [0, 0.05) is 24.4 Å². The molecule has 27 heavy (non-hydrogen) atoms. The summed E-state index contributed by atoms with van der Waals surface area (Å²) >= 11 is 1.92. The van der Waals surface area contributed by atoms with Gasteiger partial charge in [0.05, 0.1) is 11.7 Å². The summed E-state index contributed by atoms with van der Waals surface area (Å²) in [5.41, 5.74) is 2.15. The van der Waals surface area contributed by atoms with Gasteiger partial charge in [0.25, 0.3) is 5.91 Å². The van der Waals surface area contributed by atoms with Gasteiger partial charge in [0.15, 0.2) is 11.5 Å². The number of amides is 1. The van der Waals surface area contributed by atoms with Crippen molar-refractivity contribution in [2.75, 3.05) is 45.5 Å². The van der Waals surface area contributed by atoms with Crippen LogP contribution >= 0.6 is 11.8 Å². The van der Waals surface area contributed by atoms with Crippen molar-refractivity contribution in [2.24, 2.45) is 0 Å². The second kappa shape index (κ2) is 7.82. The van der Waals surface area contributed by atoms with Crippen molar-refractivity contribution in [2.45, 2.75) is 12.5 Å². The fourth-order valence-corrected chi connectivity index (χ4v) is 4.52. The molecule has 0 radical (unpaired) electrons. The summed E-state index contributed by atoms with van der Waals surface area (Å²) in [6.07, 6.45) is 1.02. The molecule has 1 aromatic carbocycles. The Morgan fingerprint density at radius 2 is 2.19 bits per heavy atom. The van der Waals surface area contributed by atoms with Crippen LogP contribution in [0.15, 0.2) is 24.3 Å². The lowest BCUT2D eigenvalue weighted by Gasteiger charge is -2.31. The highest BCUT2D eigenvalue weighted by atomic mass is 32.2. The molecular formula is C19H24N4O3S. The molecule has 1 aromatic heterocycles. The zero-order chi connectivity index (χ0) is 18.8. The Bertz CT molecular complexity index is 823. The molecular weight excluding hydrogens is 364 g/mol. The molecule has 7 nitrogen and oxygen atoms in total. The number of likely N-dealkylation sites (N-methyl/N-ethyl adjacent to an activating group) is 1. The number of hydrogen-bond donors (Lipinski definition) is 1. The van der Waals surface area contributed by atoms with Crippen molar-refractivity contribution < 1.29 is 14.3 Å². The highest BCUT2D eigenvalue weighted by Gasteiger charge is 2.28. The number of nitrogens with zero attached hydrogens (tertiary/aromatic N) is 3. The summed E-state index contributed by atoms with van der Waals surface area (Å²) < 4.78 is 10.8. The van der Waals surface area contributed by atoms with Crippen molar-refractivity contribution in [3.05, 3.63) is 30.0 Å². The molecule has 0 spiro atoms. The number of thioether (sulfide) groups is 1. The van der Waals surface area contributed by atoms with E-state index in [0.29, 0.717) is 11.4 Å². The Hall–Kier alpha value is -2.19. The third-order valence-electron chi connectivity index (χ3n) is 4.75. The van der Waals surface area contributed by atoms with Crippen LogP contribution in [0.1, 0.15) is 16.9 Å². The van der Waals surface area contributed by atoms with Crippen LogP contribution < -0.4 is 9.47 Å². The van der Waals surface area contributed by atoms with Crippen molar-refractivity contribution >= 4 is 17.7 Å². The first-order valence-corrected chi connectivity index (χ1v) is 10.3. The molecule has 0 bridgehead atoms. The number of carbonyl (C=O) groups is 1. The minimum absolute atomic E-state index is 0.0174. The van der Waals surface area contributed by atoms with E-state index >= 15 is 0 Å². The highest BCUT2D eigenvalue weighted by Crippen LogP contribution is 2.35. The summed E-state index contributed by atoms with van der Waals surface area (Å²) in [6.45, 7) is 1.88. The molecule has 2 aromatic rings. The summed E-state index contributed by atoms with van der Waals surface area (Å²) in [7, 11) is 4.10. The van der Waals surface area contributed by atoms with E-state index in [-0.39, 0.29) is 18.7 Å². The first-order chi connectivity index (χ1) is 13.1. The number of ether oxygens (including phenoxy) is 2. The molecule has 0 saturated carbocycles. The molecule has 0 aliphatic carbocycles. The minimum atomic E-state index is 0.0174. The van der Waals surface area contributed by atoms with Gasteiger partial charge in [-0.05, 0) is 50.5 Å². The Morgan fingerprint density at radius 3 is 3.04 bits per heavy atom. The van der Waals surface area contributed by atoms with E-state index < -0.39 is 0 Å². The first kappa shape index (κ1) is 18.2. The number of rotatable bonds is 4. The average Bonchev–Trinajstić information content (AvgIpc) is 3.26. The quantitative estimate of drug-likeness (QED) is 0.867. The van der Waals surface area contributed by atoms with E-state index in [2.05, 4.69) is 15.1 Å². The largest absolute Gasteiger partial charge is 0.454 e. The number of benzene rings is 1. The molecule has 1 amide bonds. The molecule has 4 rings (SSSR count). The van der Waals surface area contributed by atoms with E-state index in [1.807, 2.05) is 55.0 Å². The number of H-pyrrole nitrogens is 1. The molecule has 1 unspecified atom stereocenters. The summed E-state index contributed by atoms with van der Waals surface area (Å²) in [5, 5.41) is 7.28. The number of carbonyl (C=O) groups excluding carboxylic acids is 1. The van der Waals surface area contributed by atoms with Crippen LogP contribution in [0.3, 0.4) is 0 Å². The average molecular weight is 388 g/mol. The molecule has 1 saturated heterocycles. The predicted molar refractivity (Wildman–Crippen MR) is 105 cm³/mol. The van der Waals surface area contributed by atoms with Crippen LogP contribution in [-0.2, 0) is 0 Å². The number of nitrogens with one attached hydrogen (secondary N) is 1. The Morgan fingerprint density at radius 1 is 1.33 bits per heavy atom. The molecule has 2 aliphatic heterocycles. The maximum absolute atomic E-state index is 13.2. The lowest BCUT2D eigenvalue weighted by atomic mass is 10.1. The number of aromatic nitrogens is 2. The molecule has 1 N–H and O–H groups in total. The van der Waals surface area contributed by atoms with Gasteiger partial charge in [-0.3, -0.25) is 9.89 Å². The molecule has 8 heteroatoms. The molecule has 1 atom stereocenters. The van der Waals surface area contributed by atoms with Gasteiger partial charge in [-0.1, -0.05) is 0 Å². The van der Waals surface area contributed by atoms with Crippen LogP contribution in [-0.4, -0.2) is 77.4 Å². The van der Waals surface area contributed by atoms with E-state index in [4.69, 9.17) is 9.47 Å². The zero-order valence-corrected chi connectivity index (χ0v) is 16.4. The second-order valence-electron chi connectivity index (χ2n) is 7.08. The normalized spacial score (nSPS) is 19.4. The van der Waals surface area contributed by atoms with Gasteiger partial charge in [-0.2, -0.15) is 16.9 Å². The van der Waals surface area contributed by atoms with Crippen LogP contribution in [0, 0.1) is 0 Å². The molecule has 144 valence electrons. The van der Waals surface area contributed by atoms with E-state index in [1.165, 1.54) is 0 Å². The monoisotopic (exact) mass is 388 g/mol. The molecule has 2 aliphatic rings. The van der Waals surface area contributed by atoms with E-state index in [0.717, 1.165) is 48.0 Å². The van der Waals surface area contributed by atoms with Gasteiger partial charge >= 0.3 is 0 Å². The van der Waals surface area contributed by atoms with Gasteiger partial charge < -0.3 is 19.3 Å². The van der Waals surface area contributed by atoms with Crippen molar-refractivity contribution in [3.8, 4) is 22.8 Å². The summed E-state index contributed by atoms with van der Waals surface area (Å²) in [6, 6.07) is 7.72. The highest BCUT2D eigenvalue weighted by molar-refractivity contribution is 7.99. The summed E-state index contributed by atoms with van der Waals surface area (Å²) in [5.74, 6) is 3.52. The predicted octanol–water partition coefficient (Wildman–Crippen LogP) is 2.31. The standard InChI is InChI=1S/C19H24N4O3S/c1-22(2)10-14-11-27-7-3-6-23(14)19(24)16-9-15(20-21-16)13-4-5-17-18(8-13)26-12-25-17/h4-5,8-9,14H,3,6-7,10-12H2,1-2H3,(H,20,21). The molecule has 3 heterocycles.